The highest BCUT2D eigenvalue weighted by atomic mass is 16.5. The monoisotopic (exact) mass is 512 g/mol. The van der Waals surface area contributed by atoms with Gasteiger partial charge in [0.2, 0.25) is 0 Å². The van der Waals surface area contributed by atoms with Crippen molar-refractivity contribution in [3.05, 3.63) is 96.4 Å². The third kappa shape index (κ3) is 4.17. The molecule has 0 amide bonds. The van der Waals surface area contributed by atoms with Gasteiger partial charge in [-0.25, -0.2) is 4.98 Å². The summed E-state index contributed by atoms with van der Waals surface area (Å²) in [5, 5.41) is 1.15. The average Bonchev–Trinajstić information content (AvgIpc) is 3.71. The van der Waals surface area contributed by atoms with E-state index in [1.165, 1.54) is 59.1 Å². The minimum atomic E-state index is 0.478. The summed E-state index contributed by atoms with van der Waals surface area (Å²) in [5.41, 5.74) is 10.8. The lowest BCUT2D eigenvalue weighted by Gasteiger charge is -2.34. The van der Waals surface area contributed by atoms with Gasteiger partial charge in [-0.15, -0.1) is 0 Å². The highest BCUT2D eigenvalue weighted by Crippen LogP contribution is 2.36. The minimum Gasteiger partial charge on any atom is -0.375 e. The first-order valence-electron chi connectivity index (χ1n) is 14.3. The van der Waals surface area contributed by atoms with Crippen molar-refractivity contribution in [3.8, 4) is 33.5 Å². The predicted molar refractivity (Wildman–Crippen MR) is 155 cm³/mol. The molecule has 0 unspecified atom stereocenters. The molecule has 5 heterocycles. The smallest absolute Gasteiger partial charge is 0.137 e. The van der Waals surface area contributed by atoms with Gasteiger partial charge in [-0.3, -0.25) is 9.88 Å². The van der Waals surface area contributed by atoms with E-state index in [2.05, 4.69) is 69.6 Å². The summed E-state index contributed by atoms with van der Waals surface area (Å²) in [6.07, 6.45) is 12.5. The molecule has 3 aliphatic rings. The number of nitrogens with one attached hydrogen (secondary N) is 1. The fraction of sp³-hybridized carbons (Fsp3) is 0.294. The lowest BCUT2D eigenvalue weighted by atomic mass is 9.96. The molecule has 5 nitrogen and oxygen atoms in total. The second-order valence-electron chi connectivity index (χ2n) is 11.4. The molecule has 0 radical (unpaired) electrons. The minimum absolute atomic E-state index is 0.478. The lowest BCUT2D eigenvalue weighted by Crippen LogP contribution is -2.44. The zero-order chi connectivity index (χ0) is 25.8. The van der Waals surface area contributed by atoms with Crippen LogP contribution in [0.15, 0.2) is 85.3 Å². The maximum absolute atomic E-state index is 5.86. The van der Waals surface area contributed by atoms with Crippen molar-refractivity contribution in [3.63, 3.8) is 0 Å². The van der Waals surface area contributed by atoms with Crippen LogP contribution in [-0.4, -0.2) is 51.2 Å². The van der Waals surface area contributed by atoms with Crippen LogP contribution in [0.2, 0.25) is 0 Å². The van der Waals surface area contributed by atoms with Crippen LogP contribution in [0.5, 0.6) is 0 Å². The van der Waals surface area contributed by atoms with Crippen LogP contribution in [0.3, 0.4) is 0 Å². The topological polar surface area (TPSA) is 54.0 Å². The van der Waals surface area contributed by atoms with Gasteiger partial charge in [0.25, 0.3) is 0 Å². The fourth-order valence-corrected chi connectivity index (χ4v) is 7.03. The number of aromatic nitrogens is 3. The number of morpholine rings is 1. The van der Waals surface area contributed by atoms with Crippen LogP contribution in [0.4, 0.5) is 0 Å². The van der Waals surface area contributed by atoms with E-state index < -0.39 is 0 Å². The van der Waals surface area contributed by atoms with Crippen LogP contribution < -0.4 is 0 Å². The second-order valence-corrected chi connectivity index (χ2v) is 11.4. The van der Waals surface area contributed by atoms with Gasteiger partial charge in [-0.1, -0.05) is 48.5 Å². The Morgan fingerprint density at radius 3 is 2.44 bits per heavy atom. The van der Waals surface area contributed by atoms with E-state index >= 15 is 0 Å². The largest absolute Gasteiger partial charge is 0.375 e. The standard InChI is InChI=1S/C34H32N4O/c1-2-14-35-33(3-1)24-7-5-23(6-8-24)32-19-37-34-31(32)16-27(18-36-34)26-9-4-22-10-12-28(13-11-25(22)15-26)38-20-30-17-29(38)21-39-30/h1-9,14-16,18-19,28-30H,10-13,17,20-21H2,(H,36,37)/t28-,29-,30-/m0/s1. The molecular formula is C34H32N4O. The molecule has 2 aromatic carbocycles. The van der Waals surface area contributed by atoms with Gasteiger partial charge in [-0.05, 0) is 72.6 Å². The van der Waals surface area contributed by atoms with Gasteiger partial charge < -0.3 is 9.72 Å². The second kappa shape index (κ2) is 9.44. The Hall–Kier alpha value is -3.80. The first-order chi connectivity index (χ1) is 19.3. The number of benzene rings is 2. The number of hydrogen-bond acceptors (Lipinski definition) is 4. The maximum Gasteiger partial charge on any atom is 0.137 e. The molecule has 5 heteroatoms. The quantitative estimate of drug-likeness (QED) is 0.273. The van der Waals surface area contributed by atoms with Crippen LogP contribution in [0.1, 0.15) is 30.4 Å². The number of hydrogen-bond donors (Lipinski definition) is 1. The third-order valence-corrected chi connectivity index (χ3v) is 9.13. The molecule has 5 aromatic rings. The summed E-state index contributed by atoms with van der Waals surface area (Å²) >= 11 is 0. The number of ether oxygens (including phenoxy) is 1. The van der Waals surface area contributed by atoms with E-state index in [1.54, 1.807) is 0 Å². The Balaban J connectivity index is 1.06. The van der Waals surface area contributed by atoms with Crippen molar-refractivity contribution in [1.82, 2.24) is 19.9 Å². The number of aromatic amines is 1. The van der Waals surface area contributed by atoms with Gasteiger partial charge in [0.15, 0.2) is 0 Å². The Kier molecular flexibility index (Phi) is 5.59. The summed E-state index contributed by atoms with van der Waals surface area (Å²) in [6, 6.07) is 25.4. The Morgan fingerprint density at radius 1 is 0.795 bits per heavy atom. The molecule has 2 saturated heterocycles. The summed E-state index contributed by atoms with van der Waals surface area (Å²) in [6.45, 7) is 2.07. The van der Waals surface area contributed by atoms with Crippen LogP contribution in [-0.2, 0) is 17.6 Å². The third-order valence-electron chi connectivity index (χ3n) is 9.13. The first-order valence-corrected chi connectivity index (χ1v) is 14.3. The number of aryl methyl sites for hydroxylation is 2. The first kappa shape index (κ1) is 23.1. The molecule has 3 atom stereocenters. The fourth-order valence-electron chi connectivity index (χ4n) is 7.03. The van der Waals surface area contributed by atoms with E-state index in [0.717, 1.165) is 41.9 Å². The van der Waals surface area contributed by atoms with Crippen molar-refractivity contribution < 1.29 is 4.74 Å². The lowest BCUT2D eigenvalue weighted by molar-refractivity contribution is 0.00854. The molecule has 2 fully saturated rings. The number of fused-ring (bicyclic) bond motifs is 4. The Morgan fingerprint density at radius 2 is 1.64 bits per heavy atom. The molecule has 39 heavy (non-hydrogen) atoms. The van der Waals surface area contributed by atoms with Gasteiger partial charge in [0.05, 0.1) is 18.4 Å². The number of pyridine rings is 2. The zero-order valence-electron chi connectivity index (χ0n) is 22.0. The Bertz CT molecular complexity index is 1640. The van der Waals surface area contributed by atoms with E-state index in [0.29, 0.717) is 18.2 Å². The van der Waals surface area contributed by atoms with Crippen LogP contribution >= 0.6 is 0 Å². The number of likely N-dealkylation sites (tertiary alicyclic amines) is 1. The van der Waals surface area contributed by atoms with Crippen molar-refractivity contribution >= 4 is 11.0 Å². The van der Waals surface area contributed by atoms with E-state index in [4.69, 9.17) is 9.72 Å². The molecule has 194 valence electrons. The van der Waals surface area contributed by atoms with Crippen molar-refractivity contribution in [2.24, 2.45) is 0 Å². The highest BCUT2D eigenvalue weighted by Gasteiger charge is 2.42. The Labute approximate surface area is 228 Å². The highest BCUT2D eigenvalue weighted by molar-refractivity contribution is 5.96. The van der Waals surface area contributed by atoms with Crippen LogP contribution in [0.25, 0.3) is 44.5 Å². The van der Waals surface area contributed by atoms with Gasteiger partial charge >= 0.3 is 0 Å². The summed E-state index contributed by atoms with van der Waals surface area (Å²) < 4.78 is 5.86. The maximum atomic E-state index is 5.86. The van der Waals surface area contributed by atoms with Gasteiger partial charge in [-0.2, -0.15) is 0 Å². The summed E-state index contributed by atoms with van der Waals surface area (Å²) in [5.74, 6) is 0. The molecular weight excluding hydrogens is 480 g/mol. The van der Waals surface area contributed by atoms with E-state index in [1.807, 2.05) is 30.6 Å². The normalized spacial score (nSPS) is 22.7. The summed E-state index contributed by atoms with van der Waals surface area (Å²) in [4.78, 5) is 15.4. The average molecular weight is 513 g/mol. The predicted octanol–water partition coefficient (Wildman–Crippen LogP) is 6.68. The summed E-state index contributed by atoms with van der Waals surface area (Å²) in [7, 11) is 0. The molecule has 3 aromatic heterocycles. The molecule has 2 aliphatic heterocycles. The van der Waals surface area contributed by atoms with Crippen LogP contribution in [0, 0.1) is 0 Å². The number of H-pyrrole nitrogens is 1. The number of rotatable bonds is 4. The van der Waals surface area contributed by atoms with Crippen molar-refractivity contribution in [1.29, 1.82) is 0 Å². The van der Waals surface area contributed by atoms with Gasteiger partial charge in [0, 0.05) is 59.3 Å². The number of nitrogens with zero attached hydrogens (tertiary/aromatic N) is 3. The molecule has 0 spiro atoms. The molecule has 0 saturated carbocycles. The van der Waals surface area contributed by atoms with E-state index in [-0.39, 0.29) is 0 Å². The SMILES string of the molecule is c1ccc(-c2ccc(-c3c[nH]c4ncc(-c5ccc6c(c5)CC[C@@H](N5C[C@@H]7C[C@H]5CO7)CC6)cc34)cc2)nc1. The zero-order valence-corrected chi connectivity index (χ0v) is 22.0. The molecule has 1 N–H and O–H groups in total. The van der Waals surface area contributed by atoms with Crippen molar-refractivity contribution in [2.75, 3.05) is 13.2 Å². The van der Waals surface area contributed by atoms with E-state index in [9.17, 15) is 0 Å². The van der Waals surface area contributed by atoms with Gasteiger partial charge in [0.1, 0.15) is 5.65 Å². The molecule has 8 rings (SSSR count). The molecule has 1 aliphatic carbocycles. The molecule has 2 bridgehead atoms. The van der Waals surface area contributed by atoms with Crippen molar-refractivity contribution in [2.45, 2.75) is 50.3 Å².